The summed E-state index contributed by atoms with van der Waals surface area (Å²) < 4.78 is 30.6. The number of hydrogen-bond donors (Lipinski definition) is 1. The van der Waals surface area contributed by atoms with E-state index in [1.165, 1.54) is 11.4 Å². The fraction of sp³-hybridized carbons (Fsp3) is 0.562. The summed E-state index contributed by atoms with van der Waals surface area (Å²) >= 11 is 0. The number of methoxy groups -OCH3 is 1. The fourth-order valence-electron chi connectivity index (χ4n) is 2.39. The Balaban J connectivity index is 2.84. The Hall–Kier alpha value is -1.76. The summed E-state index contributed by atoms with van der Waals surface area (Å²) in [6, 6.07) is 6.91. The predicted octanol–water partition coefficient (Wildman–Crippen LogP) is 2.01. The van der Waals surface area contributed by atoms with Crippen LogP contribution in [0.2, 0.25) is 0 Å². The van der Waals surface area contributed by atoms with Crippen LogP contribution in [0.3, 0.4) is 0 Å². The first-order valence-electron chi connectivity index (χ1n) is 7.73. The minimum atomic E-state index is -3.48. The third-order valence-electron chi connectivity index (χ3n) is 3.72. The van der Waals surface area contributed by atoms with E-state index in [0.717, 1.165) is 19.1 Å². The number of hydrogen-bond acceptors (Lipinski definition) is 4. The average Bonchev–Trinajstić information content (AvgIpc) is 2.51. The van der Waals surface area contributed by atoms with Crippen molar-refractivity contribution < 1.29 is 17.9 Å². The van der Waals surface area contributed by atoms with Gasteiger partial charge in [-0.15, -0.1) is 0 Å². The van der Waals surface area contributed by atoms with Crippen molar-refractivity contribution >= 4 is 21.6 Å². The summed E-state index contributed by atoms with van der Waals surface area (Å²) in [5.41, 5.74) is 0.467. The lowest BCUT2D eigenvalue weighted by Gasteiger charge is -2.24. The maximum Gasteiger partial charge on any atom is 0.232 e. The highest BCUT2D eigenvalue weighted by atomic mass is 32.2. The van der Waals surface area contributed by atoms with Crippen molar-refractivity contribution in [1.29, 1.82) is 0 Å². The zero-order valence-corrected chi connectivity index (χ0v) is 15.0. The lowest BCUT2D eigenvalue weighted by Crippen LogP contribution is -2.40. The zero-order valence-electron chi connectivity index (χ0n) is 14.2. The van der Waals surface area contributed by atoms with E-state index in [1.54, 1.807) is 24.3 Å². The Morgan fingerprint density at radius 1 is 1.26 bits per heavy atom. The molecule has 1 amide bonds. The van der Waals surface area contributed by atoms with Gasteiger partial charge in [-0.3, -0.25) is 9.10 Å². The van der Waals surface area contributed by atoms with Gasteiger partial charge in [0.1, 0.15) is 5.75 Å². The van der Waals surface area contributed by atoms with Gasteiger partial charge in [-0.2, -0.15) is 0 Å². The molecule has 1 aromatic rings. The number of rotatable bonds is 9. The third-order valence-corrected chi connectivity index (χ3v) is 4.90. The first-order valence-corrected chi connectivity index (χ1v) is 9.58. The van der Waals surface area contributed by atoms with Gasteiger partial charge in [0, 0.05) is 12.5 Å². The topological polar surface area (TPSA) is 75.7 Å². The molecule has 0 fully saturated rings. The SMILES string of the molecule is CCC(CC)C(=O)NCCN(c1ccccc1OC)S(C)(=O)=O. The molecule has 130 valence electrons. The number of nitrogens with zero attached hydrogens (tertiary/aromatic N) is 1. The van der Waals surface area contributed by atoms with Crippen LogP contribution in [-0.2, 0) is 14.8 Å². The Labute approximate surface area is 138 Å². The van der Waals surface area contributed by atoms with E-state index in [0.29, 0.717) is 11.4 Å². The summed E-state index contributed by atoms with van der Waals surface area (Å²) in [4.78, 5) is 12.0. The largest absolute Gasteiger partial charge is 0.495 e. The van der Waals surface area contributed by atoms with E-state index < -0.39 is 10.0 Å². The maximum absolute atomic E-state index is 12.1. The molecule has 0 unspecified atom stereocenters. The summed E-state index contributed by atoms with van der Waals surface area (Å²) in [5, 5.41) is 2.81. The van der Waals surface area contributed by atoms with Crippen molar-refractivity contribution in [3.8, 4) is 5.75 Å². The van der Waals surface area contributed by atoms with Gasteiger partial charge in [-0.25, -0.2) is 8.42 Å². The number of benzene rings is 1. The molecule has 23 heavy (non-hydrogen) atoms. The lowest BCUT2D eigenvalue weighted by atomic mass is 10.0. The molecule has 0 saturated heterocycles. The Morgan fingerprint density at radius 2 is 1.87 bits per heavy atom. The van der Waals surface area contributed by atoms with Crippen LogP contribution < -0.4 is 14.4 Å². The second-order valence-electron chi connectivity index (χ2n) is 5.31. The first kappa shape index (κ1) is 19.3. The molecule has 1 N–H and O–H groups in total. The van der Waals surface area contributed by atoms with E-state index in [1.807, 2.05) is 13.8 Å². The van der Waals surface area contributed by atoms with Crippen molar-refractivity contribution in [2.45, 2.75) is 26.7 Å². The molecule has 0 aliphatic carbocycles. The minimum Gasteiger partial charge on any atom is -0.495 e. The molecule has 0 heterocycles. The summed E-state index contributed by atoms with van der Waals surface area (Å²) in [6.07, 6.45) is 2.68. The zero-order chi connectivity index (χ0) is 17.5. The van der Waals surface area contributed by atoms with Crippen molar-refractivity contribution in [3.05, 3.63) is 24.3 Å². The second kappa shape index (κ2) is 8.76. The molecule has 0 aromatic heterocycles. The molecule has 0 spiro atoms. The Bertz CT molecular complexity index is 612. The van der Waals surface area contributed by atoms with Crippen LogP contribution in [0.5, 0.6) is 5.75 Å². The van der Waals surface area contributed by atoms with Gasteiger partial charge in [-0.1, -0.05) is 26.0 Å². The molecular weight excluding hydrogens is 316 g/mol. The van der Waals surface area contributed by atoms with Gasteiger partial charge < -0.3 is 10.1 Å². The van der Waals surface area contributed by atoms with Crippen LogP contribution in [0.15, 0.2) is 24.3 Å². The van der Waals surface area contributed by atoms with Crippen molar-refractivity contribution in [3.63, 3.8) is 0 Å². The Morgan fingerprint density at radius 3 is 2.39 bits per heavy atom. The fourth-order valence-corrected chi connectivity index (χ4v) is 3.32. The summed E-state index contributed by atoms with van der Waals surface area (Å²) in [6.45, 7) is 4.34. The standard InChI is InChI=1S/C16H26N2O4S/c1-5-13(6-2)16(19)17-11-12-18(23(4,20)21)14-9-7-8-10-15(14)22-3/h7-10,13H,5-6,11-12H2,1-4H3,(H,17,19). The van der Waals surface area contributed by atoms with Crippen molar-refractivity contribution in [1.82, 2.24) is 5.32 Å². The molecule has 0 radical (unpaired) electrons. The quantitative estimate of drug-likeness (QED) is 0.745. The second-order valence-corrected chi connectivity index (χ2v) is 7.22. The monoisotopic (exact) mass is 342 g/mol. The van der Waals surface area contributed by atoms with Crippen molar-refractivity contribution in [2.75, 3.05) is 30.8 Å². The number of nitrogens with one attached hydrogen (secondary N) is 1. The minimum absolute atomic E-state index is 0.0343. The summed E-state index contributed by atoms with van der Waals surface area (Å²) in [7, 11) is -1.98. The molecule has 1 rings (SSSR count). The first-order chi connectivity index (χ1) is 10.8. The highest BCUT2D eigenvalue weighted by molar-refractivity contribution is 7.92. The van der Waals surface area contributed by atoms with Crippen LogP contribution in [-0.4, -0.2) is 40.8 Å². The number of carbonyl (C=O) groups excluding carboxylic acids is 1. The molecule has 0 aliphatic rings. The molecule has 0 aliphatic heterocycles. The van der Waals surface area contributed by atoms with Gasteiger partial charge in [0.2, 0.25) is 15.9 Å². The number of sulfonamides is 1. The molecular formula is C16H26N2O4S. The molecule has 0 bridgehead atoms. The van der Waals surface area contributed by atoms with Gasteiger partial charge in [0.05, 0.1) is 25.6 Å². The smallest absolute Gasteiger partial charge is 0.232 e. The van der Waals surface area contributed by atoms with Gasteiger partial charge in [0.15, 0.2) is 0 Å². The molecule has 1 aromatic carbocycles. The average molecular weight is 342 g/mol. The van der Waals surface area contributed by atoms with Gasteiger partial charge >= 0.3 is 0 Å². The predicted molar refractivity (Wildman–Crippen MR) is 92.3 cm³/mol. The van der Waals surface area contributed by atoms with Crippen LogP contribution >= 0.6 is 0 Å². The van der Waals surface area contributed by atoms with Gasteiger partial charge in [-0.05, 0) is 25.0 Å². The van der Waals surface area contributed by atoms with E-state index in [-0.39, 0.29) is 24.9 Å². The van der Waals surface area contributed by atoms with Gasteiger partial charge in [0.25, 0.3) is 0 Å². The summed E-state index contributed by atoms with van der Waals surface area (Å²) in [5.74, 6) is 0.403. The number of para-hydroxylation sites is 2. The molecule has 0 saturated carbocycles. The number of carbonyl (C=O) groups is 1. The molecule has 6 nitrogen and oxygen atoms in total. The molecule has 7 heteroatoms. The number of ether oxygens (including phenoxy) is 1. The van der Waals surface area contributed by atoms with E-state index in [2.05, 4.69) is 5.32 Å². The highest BCUT2D eigenvalue weighted by Gasteiger charge is 2.21. The van der Waals surface area contributed by atoms with Crippen molar-refractivity contribution in [2.24, 2.45) is 5.92 Å². The third kappa shape index (κ3) is 5.42. The lowest BCUT2D eigenvalue weighted by molar-refractivity contribution is -0.125. The maximum atomic E-state index is 12.1. The normalized spacial score (nSPS) is 11.3. The molecule has 0 atom stereocenters. The van der Waals surface area contributed by atoms with E-state index >= 15 is 0 Å². The van der Waals surface area contributed by atoms with Crippen LogP contribution in [0.1, 0.15) is 26.7 Å². The van der Waals surface area contributed by atoms with Crippen LogP contribution in [0.4, 0.5) is 5.69 Å². The van der Waals surface area contributed by atoms with E-state index in [4.69, 9.17) is 4.74 Å². The highest BCUT2D eigenvalue weighted by Crippen LogP contribution is 2.29. The number of amides is 1. The van der Waals surface area contributed by atoms with E-state index in [9.17, 15) is 13.2 Å². The Kier molecular flexibility index (Phi) is 7.35. The van der Waals surface area contributed by atoms with Crippen LogP contribution in [0.25, 0.3) is 0 Å². The number of anilines is 1. The van der Waals surface area contributed by atoms with Crippen LogP contribution in [0, 0.1) is 5.92 Å².